The van der Waals surface area contributed by atoms with Crippen molar-refractivity contribution < 1.29 is 9.53 Å². The van der Waals surface area contributed by atoms with Crippen LogP contribution in [0.3, 0.4) is 0 Å². The van der Waals surface area contributed by atoms with Crippen molar-refractivity contribution in [1.29, 1.82) is 0 Å². The van der Waals surface area contributed by atoms with E-state index >= 15 is 0 Å². The van der Waals surface area contributed by atoms with Crippen LogP contribution in [0.15, 0.2) is 24.3 Å². The Bertz CT molecular complexity index is 485. The number of piperidine rings is 1. The number of carbonyl (C=O) groups excluding carboxylic acids is 1. The number of ether oxygens (including phenoxy) is 1. The first-order valence-electron chi connectivity index (χ1n) is 7.65. The van der Waals surface area contributed by atoms with Gasteiger partial charge in [-0.3, -0.25) is 4.79 Å². The quantitative estimate of drug-likeness (QED) is 0.873. The summed E-state index contributed by atoms with van der Waals surface area (Å²) in [4.78, 5) is 12.1. The number of para-hydroxylation sites is 1. The Kier molecular flexibility index (Phi) is 5.23. The lowest BCUT2D eigenvalue weighted by molar-refractivity contribution is -0.120. The summed E-state index contributed by atoms with van der Waals surface area (Å²) in [6.07, 6.45) is 2.77. The fourth-order valence-corrected chi connectivity index (χ4v) is 2.92. The molecule has 2 rings (SSSR count). The normalized spacial score (nSPS) is 20.8. The van der Waals surface area contributed by atoms with Crippen molar-refractivity contribution in [3.8, 4) is 5.75 Å². The summed E-state index contributed by atoms with van der Waals surface area (Å²) in [5.41, 5.74) is 1.16. The van der Waals surface area contributed by atoms with Crippen molar-refractivity contribution in [3.05, 3.63) is 29.8 Å². The van der Waals surface area contributed by atoms with E-state index in [1.54, 1.807) is 7.11 Å². The van der Waals surface area contributed by atoms with E-state index < -0.39 is 0 Å². The summed E-state index contributed by atoms with van der Waals surface area (Å²) >= 11 is 0. The lowest BCUT2D eigenvalue weighted by Gasteiger charge is -2.39. The highest BCUT2D eigenvalue weighted by Crippen LogP contribution is 2.29. The molecule has 1 atom stereocenters. The molecule has 21 heavy (non-hydrogen) atoms. The monoisotopic (exact) mass is 290 g/mol. The second-order valence-electron chi connectivity index (χ2n) is 6.39. The molecule has 0 spiro atoms. The van der Waals surface area contributed by atoms with Crippen LogP contribution in [0, 0.1) is 5.41 Å². The van der Waals surface area contributed by atoms with E-state index in [4.69, 9.17) is 4.74 Å². The van der Waals surface area contributed by atoms with Gasteiger partial charge in [0.2, 0.25) is 5.91 Å². The maximum atomic E-state index is 12.1. The molecule has 1 aromatic carbocycles. The van der Waals surface area contributed by atoms with Crippen molar-refractivity contribution >= 4 is 5.91 Å². The number of hydrogen-bond donors (Lipinski definition) is 2. The SMILES string of the molecule is COc1ccccc1CC(=O)NCC1NCCCC1(C)C. The van der Waals surface area contributed by atoms with Gasteiger partial charge in [-0.05, 0) is 30.9 Å². The van der Waals surface area contributed by atoms with Crippen LogP contribution in [0.4, 0.5) is 0 Å². The smallest absolute Gasteiger partial charge is 0.224 e. The number of benzene rings is 1. The molecule has 0 bridgehead atoms. The van der Waals surface area contributed by atoms with E-state index in [0.29, 0.717) is 19.0 Å². The Morgan fingerprint density at radius 2 is 2.19 bits per heavy atom. The minimum atomic E-state index is 0.0441. The number of amides is 1. The molecule has 4 nitrogen and oxygen atoms in total. The summed E-state index contributed by atoms with van der Waals surface area (Å²) < 4.78 is 5.28. The number of methoxy groups -OCH3 is 1. The standard InChI is InChI=1S/C17H26N2O2/c1-17(2)9-6-10-18-15(17)12-19-16(20)11-13-7-4-5-8-14(13)21-3/h4-5,7-8,15,18H,6,9-12H2,1-3H3,(H,19,20). The Balaban J connectivity index is 1.87. The lowest BCUT2D eigenvalue weighted by atomic mass is 9.77. The van der Waals surface area contributed by atoms with Gasteiger partial charge in [0, 0.05) is 18.2 Å². The van der Waals surface area contributed by atoms with Gasteiger partial charge in [0.1, 0.15) is 5.75 Å². The minimum absolute atomic E-state index is 0.0441. The molecule has 1 unspecified atom stereocenters. The van der Waals surface area contributed by atoms with Crippen molar-refractivity contribution in [2.45, 2.75) is 39.2 Å². The van der Waals surface area contributed by atoms with Gasteiger partial charge >= 0.3 is 0 Å². The molecule has 0 radical (unpaired) electrons. The third kappa shape index (κ3) is 4.21. The molecule has 0 saturated carbocycles. The molecule has 1 aliphatic heterocycles. The number of nitrogens with one attached hydrogen (secondary N) is 2. The Hall–Kier alpha value is -1.55. The Morgan fingerprint density at radius 3 is 2.90 bits per heavy atom. The highest BCUT2D eigenvalue weighted by molar-refractivity contribution is 5.79. The molecule has 1 aliphatic rings. The molecule has 1 fully saturated rings. The Morgan fingerprint density at radius 1 is 1.43 bits per heavy atom. The second-order valence-corrected chi connectivity index (χ2v) is 6.39. The van der Waals surface area contributed by atoms with Crippen molar-refractivity contribution in [1.82, 2.24) is 10.6 Å². The predicted molar refractivity (Wildman–Crippen MR) is 84.5 cm³/mol. The van der Waals surface area contributed by atoms with Gasteiger partial charge in [0.05, 0.1) is 13.5 Å². The largest absolute Gasteiger partial charge is 0.496 e. The maximum absolute atomic E-state index is 12.1. The second kappa shape index (κ2) is 6.94. The molecule has 4 heteroatoms. The highest BCUT2D eigenvalue weighted by Gasteiger charge is 2.31. The molecule has 0 aliphatic carbocycles. The Labute approximate surface area is 127 Å². The maximum Gasteiger partial charge on any atom is 0.224 e. The topological polar surface area (TPSA) is 50.4 Å². The zero-order chi connectivity index (χ0) is 15.3. The van der Waals surface area contributed by atoms with Crippen LogP contribution in [-0.4, -0.2) is 32.1 Å². The molecule has 0 aromatic heterocycles. The fraction of sp³-hybridized carbons (Fsp3) is 0.588. The predicted octanol–water partition coefficient (Wildman–Crippen LogP) is 2.13. The van der Waals surface area contributed by atoms with Crippen LogP contribution >= 0.6 is 0 Å². The lowest BCUT2D eigenvalue weighted by Crippen LogP contribution is -2.53. The van der Waals surface area contributed by atoms with Crippen LogP contribution in [0.5, 0.6) is 5.75 Å². The van der Waals surface area contributed by atoms with Crippen LogP contribution in [0.25, 0.3) is 0 Å². The van der Waals surface area contributed by atoms with Crippen LogP contribution in [0.1, 0.15) is 32.3 Å². The van der Waals surface area contributed by atoms with Crippen LogP contribution < -0.4 is 15.4 Å². The van der Waals surface area contributed by atoms with Crippen molar-refractivity contribution in [3.63, 3.8) is 0 Å². The van der Waals surface area contributed by atoms with Gasteiger partial charge in [0.25, 0.3) is 0 Å². The third-order valence-electron chi connectivity index (χ3n) is 4.38. The van der Waals surface area contributed by atoms with E-state index in [1.165, 1.54) is 12.8 Å². The average molecular weight is 290 g/mol. The van der Waals surface area contributed by atoms with Crippen molar-refractivity contribution in [2.24, 2.45) is 5.41 Å². The first kappa shape index (κ1) is 15.8. The van der Waals surface area contributed by atoms with E-state index in [1.807, 2.05) is 24.3 Å². The summed E-state index contributed by atoms with van der Waals surface area (Å²) in [5, 5.41) is 6.56. The highest BCUT2D eigenvalue weighted by atomic mass is 16.5. The van der Waals surface area contributed by atoms with Gasteiger partial charge in [-0.2, -0.15) is 0 Å². The van der Waals surface area contributed by atoms with E-state index in [2.05, 4.69) is 24.5 Å². The van der Waals surface area contributed by atoms with Crippen LogP contribution in [0.2, 0.25) is 0 Å². The molecule has 1 saturated heterocycles. The van der Waals surface area contributed by atoms with E-state index in [0.717, 1.165) is 17.9 Å². The van der Waals surface area contributed by atoms with Gasteiger partial charge in [-0.15, -0.1) is 0 Å². The molecule has 1 amide bonds. The number of hydrogen-bond acceptors (Lipinski definition) is 3. The average Bonchev–Trinajstić information content (AvgIpc) is 2.46. The molecule has 1 aromatic rings. The van der Waals surface area contributed by atoms with E-state index in [9.17, 15) is 4.79 Å². The summed E-state index contributed by atoms with van der Waals surface area (Å²) in [6, 6.07) is 7.99. The van der Waals surface area contributed by atoms with Crippen LogP contribution in [-0.2, 0) is 11.2 Å². The van der Waals surface area contributed by atoms with Crippen molar-refractivity contribution in [2.75, 3.05) is 20.2 Å². The van der Waals surface area contributed by atoms with Gasteiger partial charge in [0.15, 0.2) is 0 Å². The van der Waals surface area contributed by atoms with Gasteiger partial charge in [-0.1, -0.05) is 32.0 Å². The minimum Gasteiger partial charge on any atom is -0.496 e. The molecular formula is C17H26N2O2. The zero-order valence-corrected chi connectivity index (χ0v) is 13.2. The van der Waals surface area contributed by atoms with Gasteiger partial charge < -0.3 is 15.4 Å². The molecule has 1 heterocycles. The fourth-order valence-electron chi connectivity index (χ4n) is 2.92. The first-order valence-corrected chi connectivity index (χ1v) is 7.65. The zero-order valence-electron chi connectivity index (χ0n) is 13.2. The van der Waals surface area contributed by atoms with E-state index in [-0.39, 0.29) is 11.3 Å². The number of rotatable bonds is 5. The molecular weight excluding hydrogens is 264 g/mol. The third-order valence-corrected chi connectivity index (χ3v) is 4.38. The summed E-state index contributed by atoms with van der Waals surface area (Å²) in [6.45, 7) is 6.24. The summed E-state index contributed by atoms with van der Waals surface area (Å²) in [5.74, 6) is 0.812. The van der Waals surface area contributed by atoms with Gasteiger partial charge in [-0.25, -0.2) is 0 Å². The number of carbonyl (C=O) groups is 1. The molecule has 116 valence electrons. The summed E-state index contributed by atoms with van der Waals surface area (Å²) in [7, 11) is 1.63. The molecule has 2 N–H and O–H groups in total. The first-order chi connectivity index (χ1) is 10.0.